The molecule has 1 aromatic carbocycles. The van der Waals surface area contributed by atoms with Gasteiger partial charge in [-0.25, -0.2) is 4.79 Å². The van der Waals surface area contributed by atoms with Gasteiger partial charge in [0.25, 0.3) is 5.91 Å². The minimum atomic E-state index is -1.36. The Labute approximate surface area is 200 Å². The van der Waals surface area contributed by atoms with Crippen molar-refractivity contribution in [3.8, 4) is 0 Å². The standard InChI is InChI=1S/C24H36N4O6/c1-5-15(4)20(28-22(31)18(11-14(2)3)27-24(33)34)21(30)23(32)26-17(13-19(25)29)12-16-9-7-6-8-10-16/h6-10,14-15,17-18,20,27H,5,11-13H2,1-4H3,(H2,25,29)(H,26,32)(H,28,31)(H,33,34). The van der Waals surface area contributed by atoms with Crippen LogP contribution in [0, 0.1) is 11.8 Å². The number of hydrogen-bond donors (Lipinski definition) is 5. The molecule has 10 nitrogen and oxygen atoms in total. The Kier molecular flexibility index (Phi) is 11.8. The second kappa shape index (κ2) is 14.0. The van der Waals surface area contributed by atoms with Crippen LogP contribution in [-0.4, -0.2) is 52.8 Å². The number of amides is 4. The lowest BCUT2D eigenvalue weighted by atomic mass is 9.93. The Morgan fingerprint density at radius 1 is 0.971 bits per heavy atom. The van der Waals surface area contributed by atoms with E-state index >= 15 is 0 Å². The van der Waals surface area contributed by atoms with Crippen molar-refractivity contribution in [2.75, 3.05) is 0 Å². The Hall–Kier alpha value is -3.43. The highest BCUT2D eigenvalue weighted by atomic mass is 16.4. The molecule has 0 fully saturated rings. The van der Waals surface area contributed by atoms with Crippen LogP contribution in [0.4, 0.5) is 4.79 Å². The first-order valence-corrected chi connectivity index (χ1v) is 11.4. The van der Waals surface area contributed by atoms with E-state index in [-0.39, 0.29) is 18.8 Å². The predicted molar refractivity (Wildman–Crippen MR) is 127 cm³/mol. The summed E-state index contributed by atoms with van der Waals surface area (Å²) in [4.78, 5) is 61.3. The van der Waals surface area contributed by atoms with Crippen molar-refractivity contribution in [1.29, 1.82) is 0 Å². The summed E-state index contributed by atoms with van der Waals surface area (Å²) in [5, 5.41) is 16.4. The van der Waals surface area contributed by atoms with Gasteiger partial charge >= 0.3 is 6.09 Å². The minimum absolute atomic E-state index is 0.0104. The zero-order chi connectivity index (χ0) is 25.8. The van der Waals surface area contributed by atoms with Crippen molar-refractivity contribution in [2.45, 2.75) is 71.5 Å². The van der Waals surface area contributed by atoms with E-state index in [2.05, 4.69) is 16.0 Å². The van der Waals surface area contributed by atoms with Crippen LogP contribution in [0.2, 0.25) is 0 Å². The van der Waals surface area contributed by atoms with E-state index in [0.717, 1.165) is 5.56 Å². The fourth-order valence-electron chi connectivity index (χ4n) is 3.52. The number of benzene rings is 1. The summed E-state index contributed by atoms with van der Waals surface area (Å²) in [7, 11) is 0. The minimum Gasteiger partial charge on any atom is -0.465 e. The third-order valence-corrected chi connectivity index (χ3v) is 5.45. The Morgan fingerprint density at radius 2 is 1.59 bits per heavy atom. The number of ketones is 1. The molecule has 0 aliphatic carbocycles. The van der Waals surface area contributed by atoms with Gasteiger partial charge in [-0.1, -0.05) is 64.4 Å². The first-order valence-electron chi connectivity index (χ1n) is 11.4. The molecule has 0 saturated heterocycles. The molecule has 34 heavy (non-hydrogen) atoms. The summed E-state index contributed by atoms with van der Waals surface area (Å²) in [6.45, 7) is 7.19. The van der Waals surface area contributed by atoms with Gasteiger partial charge in [-0.2, -0.15) is 0 Å². The van der Waals surface area contributed by atoms with Crippen LogP contribution in [0.15, 0.2) is 30.3 Å². The van der Waals surface area contributed by atoms with Crippen LogP contribution >= 0.6 is 0 Å². The topological polar surface area (TPSA) is 168 Å². The smallest absolute Gasteiger partial charge is 0.405 e. The zero-order valence-corrected chi connectivity index (χ0v) is 20.2. The number of Topliss-reactive ketones (excluding diaryl/α,β-unsaturated/α-hetero) is 1. The lowest BCUT2D eigenvalue weighted by Gasteiger charge is -2.27. The van der Waals surface area contributed by atoms with E-state index < -0.39 is 53.6 Å². The van der Waals surface area contributed by atoms with Gasteiger partial charge in [-0.05, 0) is 30.2 Å². The van der Waals surface area contributed by atoms with E-state index in [1.807, 2.05) is 44.2 Å². The molecule has 0 spiro atoms. The van der Waals surface area contributed by atoms with E-state index in [1.165, 1.54) is 0 Å². The molecule has 0 aliphatic rings. The maximum atomic E-state index is 13.0. The van der Waals surface area contributed by atoms with Crippen molar-refractivity contribution in [2.24, 2.45) is 17.6 Å². The van der Waals surface area contributed by atoms with Crippen molar-refractivity contribution in [3.63, 3.8) is 0 Å². The summed E-state index contributed by atoms with van der Waals surface area (Å²) in [5.41, 5.74) is 6.17. The third kappa shape index (κ3) is 10.0. The molecule has 4 amide bonds. The lowest BCUT2D eigenvalue weighted by Crippen LogP contribution is -2.56. The summed E-state index contributed by atoms with van der Waals surface area (Å²) in [5.74, 6) is -3.51. The van der Waals surface area contributed by atoms with Crippen molar-refractivity contribution >= 4 is 29.6 Å². The average molecular weight is 477 g/mol. The van der Waals surface area contributed by atoms with Gasteiger partial charge in [0.05, 0.1) is 6.04 Å². The first-order chi connectivity index (χ1) is 15.9. The molecule has 0 heterocycles. The molecule has 6 N–H and O–H groups in total. The van der Waals surface area contributed by atoms with E-state index in [0.29, 0.717) is 12.8 Å². The normalized spacial score (nSPS) is 14.4. The number of nitrogens with one attached hydrogen (secondary N) is 3. The van der Waals surface area contributed by atoms with Crippen LogP contribution in [0.3, 0.4) is 0 Å². The molecule has 1 rings (SSSR count). The Bertz CT molecular complexity index is 858. The van der Waals surface area contributed by atoms with Crippen molar-refractivity contribution < 1.29 is 29.1 Å². The van der Waals surface area contributed by atoms with E-state index in [4.69, 9.17) is 10.8 Å². The number of primary amides is 1. The highest BCUT2D eigenvalue weighted by Crippen LogP contribution is 2.13. The molecule has 10 heteroatoms. The van der Waals surface area contributed by atoms with Crippen LogP contribution in [0.1, 0.15) is 52.5 Å². The second-order valence-corrected chi connectivity index (χ2v) is 8.90. The van der Waals surface area contributed by atoms with Crippen LogP contribution < -0.4 is 21.7 Å². The molecule has 0 radical (unpaired) electrons. The number of rotatable bonds is 14. The van der Waals surface area contributed by atoms with E-state index in [9.17, 15) is 24.0 Å². The summed E-state index contributed by atoms with van der Waals surface area (Å²) >= 11 is 0. The fourth-order valence-corrected chi connectivity index (χ4v) is 3.52. The Balaban J connectivity index is 3.01. The molecule has 0 saturated carbocycles. The molecule has 1 aromatic rings. The Morgan fingerprint density at radius 3 is 2.09 bits per heavy atom. The highest BCUT2D eigenvalue weighted by molar-refractivity contribution is 6.38. The molecular formula is C24H36N4O6. The monoisotopic (exact) mass is 476 g/mol. The van der Waals surface area contributed by atoms with Crippen LogP contribution in [0.25, 0.3) is 0 Å². The zero-order valence-electron chi connectivity index (χ0n) is 20.2. The second-order valence-electron chi connectivity index (χ2n) is 8.90. The summed E-state index contributed by atoms with van der Waals surface area (Å²) < 4.78 is 0. The molecule has 4 unspecified atom stereocenters. The number of nitrogens with two attached hydrogens (primary N) is 1. The maximum absolute atomic E-state index is 13.0. The quantitative estimate of drug-likeness (QED) is 0.254. The molecule has 0 bridgehead atoms. The summed E-state index contributed by atoms with van der Waals surface area (Å²) in [6, 6.07) is 6.19. The van der Waals surface area contributed by atoms with E-state index in [1.54, 1.807) is 13.8 Å². The lowest BCUT2D eigenvalue weighted by molar-refractivity contribution is -0.141. The highest BCUT2D eigenvalue weighted by Gasteiger charge is 2.34. The SMILES string of the molecule is CCC(C)C(NC(=O)C(CC(C)C)NC(=O)O)C(=O)C(=O)NC(CC(N)=O)Cc1ccccc1. The maximum Gasteiger partial charge on any atom is 0.405 e. The molecule has 0 aliphatic heterocycles. The fraction of sp³-hybridized carbons (Fsp3) is 0.542. The third-order valence-electron chi connectivity index (χ3n) is 5.45. The molecular weight excluding hydrogens is 440 g/mol. The number of carbonyl (C=O) groups is 5. The molecule has 4 atom stereocenters. The number of carbonyl (C=O) groups excluding carboxylic acids is 4. The summed E-state index contributed by atoms with van der Waals surface area (Å²) in [6.07, 6.45) is -0.515. The van der Waals surface area contributed by atoms with Gasteiger partial charge in [0.1, 0.15) is 6.04 Å². The average Bonchev–Trinajstić information content (AvgIpc) is 2.75. The van der Waals surface area contributed by atoms with Gasteiger partial charge in [0, 0.05) is 12.5 Å². The molecule has 188 valence electrons. The first kappa shape index (κ1) is 28.6. The molecule has 0 aromatic heterocycles. The van der Waals surface area contributed by atoms with Gasteiger partial charge in [0.15, 0.2) is 0 Å². The van der Waals surface area contributed by atoms with Crippen molar-refractivity contribution in [3.05, 3.63) is 35.9 Å². The van der Waals surface area contributed by atoms with Gasteiger partial charge < -0.3 is 26.8 Å². The number of hydrogen-bond acceptors (Lipinski definition) is 5. The van der Waals surface area contributed by atoms with Crippen LogP contribution in [-0.2, 0) is 25.6 Å². The van der Waals surface area contributed by atoms with Crippen LogP contribution in [0.5, 0.6) is 0 Å². The largest absolute Gasteiger partial charge is 0.465 e. The predicted octanol–water partition coefficient (Wildman–Crippen LogP) is 1.37. The van der Waals surface area contributed by atoms with Crippen molar-refractivity contribution in [1.82, 2.24) is 16.0 Å². The van der Waals surface area contributed by atoms with Gasteiger partial charge in [-0.3, -0.25) is 19.2 Å². The number of carboxylic acid groups (broad SMARTS) is 1. The van der Waals surface area contributed by atoms with Gasteiger partial charge in [0.2, 0.25) is 17.6 Å². The van der Waals surface area contributed by atoms with Gasteiger partial charge in [-0.15, -0.1) is 0 Å².